The van der Waals surface area contributed by atoms with Gasteiger partial charge in [-0.05, 0) is 18.6 Å². The Hall–Kier alpha value is -1.22. The summed E-state index contributed by atoms with van der Waals surface area (Å²) in [6, 6.07) is 3.12. The molecule has 0 unspecified atom stereocenters. The van der Waals surface area contributed by atoms with Crippen molar-refractivity contribution in [3.8, 4) is 5.75 Å². The number of benzene rings is 1. The van der Waals surface area contributed by atoms with Gasteiger partial charge < -0.3 is 9.84 Å². The van der Waals surface area contributed by atoms with E-state index >= 15 is 0 Å². The molecule has 1 aromatic rings. The zero-order valence-electron chi connectivity index (χ0n) is 7.30. The molecule has 0 saturated carbocycles. The molecule has 1 N–H and O–H groups in total. The number of carbonyl (C=O) groups is 1. The highest BCUT2D eigenvalue weighted by Crippen LogP contribution is 2.30. The van der Waals surface area contributed by atoms with Gasteiger partial charge in [0.1, 0.15) is 5.75 Å². The van der Waals surface area contributed by atoms with E-state index in [1.54, 1.807) is 13.0 Å². The molecule has 0 radical (unpaired) electrons. The Labute approximate surface area is 80.9 Å². The summed E-state index contributed by atoms with van der Waals surface area (Å²) in [5.41, 5.74) is 0.796. The van der Waals surface area contributed by atoms with Gasteiger partial charge >= 0.3 is 5.97 Å². The number of ether oxygens (including phenoxy) is 1. The van der Waals surface area contributed by atoms with Crippen LogP contribution in [0.15, 0.2) is 12.1 Å². The fourth-order valence-electron chi connectivity index (χ4n) is 0.929. The van der Waals surface area contributed by atoms with E-state index in [4.69, 9.17) is 11.6 Å². The van der Waals surface area contributed by atoms with Gasteiger partial charge in [-0.2, -0.15) is 0 Å². The quantitative estimate of drug-likeness (QED) is 0.707. The Balaban J connectivity index is 3.26. The molecule has 0 heterocycles. The SMILES string of the molecule is COC(=O)c1ccc(C)c(O)c1Cl. The number of rotatable bonds is 1. The molecule has 0 saturated heterocycles. The number of aryl methyl sites for hydroxylation is 1. The third kappa shape index (κ3) is 1.75. The van der Waals surface area contributed by atoms with Gasteiger partial charge in [-0.1, -0.05) is 17.7 Å². The molecular weight excluding hydrogens is 192 g/mol. The second kappa shape index (κ2) is 3.66. The first-order chi connectivity index (χ1) is 6.07. The molecular formula is C9H9ClO3. The third-order valence-corrected chi connectivity index (χ3v) is 2.11. The van der Waals surface area contributed by atoms with E-state index in [9.17, 15) is 9.90 Å². The summed E-state index contributed by atoms with van der Waals surface area (Å²) in [7, 11) is 1.26. The summed E-state index contributed by atoms with van der Waals surface area (Å²) < 4.78 is 4.48. The Morgan fingerprint density at radius 2 is 2.15 bits per heavy atom. The molecule has 4 heteroatoms. The minimum absolute atomic E-state index is 0.0341. The standard InChI is InChI=1S/C9H9ClO3/c1-5-3-4-6(9(12)13-2)7(10)8(5)11/h3-4,11H,1-2H3. The number of halogens is 1. The van der Waals surface area contributed by atoms with Crippen molar-refractivity contribution in [3.63, 3.8) is 0 Å². The van der Waals surface area contributed by atoms with Gasteiger partial charge in [-0.15, -0.1) is 0 Å². The molecule has 0 amide bonds. The number of carbonyl (C=O) groups excluding carboxylic acids is 1. The lowest BCUT2D eigenvalue weighted by atomic mass is 10.1. The van der Waals surface area contributed by atoms with Crippen molar-refractivity contribution < 1.29 is 14.6 Å². The van der Waals surface area contributed by atoms with Crippen LogP contribution in [0.25, 0.3) is 0 Å². The molecule has 0 bridgehead atoms. The number of phenolic OH excluding ortho intramolecular Hbond substituents is 1. The van der Waals surface area contributed by atoms with Crippen molar-refractivity contribution >= 4 is 17.6 Å². The number of aromatic hydroxyl groups is 1. The zero-order chi connectivity index (χ0) is 10.0. The lowest BCUT2D eigenvalue weighted by Gasteiger charge is -2.05. The van der Waals surface area contributed by atoms with E-state index in [1.165, 1.54) is 13.2 Å². The Kier molecular flexibility index (Phi) is 2.78. The lowest BCUT2D eigenvalue weighted by molar-refractivity contribution is 0.0600. The topological polar surface area (TPSA) is 46.5 Å². The van der Waals surface area contributed by atoms with Crippen LogP contribution in [0.3, 0.4) is 0 Å². The highest BCUT2D eigenvalue weighted by atomic mass is 35.5. The molecule has 0 spiro atoms. The molecule has 0 aliphatic carbocycles. The second-order valence-corrected chi connectivity index (χ2v) is 2.96. The number of hydrogen-bond donors (Lipinski definition) is 1. The minimum Gasteiger partial charge on any atom is -0.506 e. The van der Waals surface area contributed by atoms with Gasteiger partial charge in [-0.25, -0.2) is 4.79 Å². The van der Waals surface area contributed by atoms with E-state index in [0.29, 0.717) is 5.56 Å². The van der Waals surface area contributed by atoms with Crippen LogP contribution < -0.4 is 0 Å². The van der Waals surface area contributed by atoms with Crippen LogP contribution in [-0.4, -0.2) is 18.2 Å². The molecule has 0 fully saturated rings. The maximum atomic E-state index is 11.1. The van der Waals surface area contributed by atoms with Crippen LogP contribution in [0.4, 0.5) is 0 Å². The van der Waals surface area contributed by atoms with Crippen LogP contribution in [0.5, 0.6) is 5.75 Å². The number of hydrogen-bond acceptors (Lipinski definition) is 3. The van der Waals surface area contributed by atoms with Gasteiger partial charge in [0, 0.05) is 0 Å². The smallest absolute Gasteiger partial charge is 0.339 e. The van der Waals surface area contributed by atoms with E-state index in [2.05, 4.69) is 4.74 Å². The van der Waals surface area contributed by atoms with Crippen molar-refractivity contribution in [2.24, 2.45) is 0 Å². The van der Waals surface area contributed by atoms with Crippen molar-refractivity contribution in [2.45, 2.75) is 6.92 Å². The maximum absolute atomic E-state index is 11.1. The lowest BCUT2D eigenvalue weighted by Crippen LogP contribution is -2.02. The van der Waals surface area contributed by atoms with E-state index < -0.39 is 5.97 Å². The van der Waals surface area contributed by atoms with Crippen molar-refractivity contribution in [1.29, 1.82) is 0 Å². The monoisotopic (exact) mass is 200 g/mol. The Morgan fingerprint density at radius 1 is 1.54 bits per heavy atom. The van der Waals surface area contributed by atoms with E-state index in [1.807, 2.05) is 0 Å². The minimum atomic E-state index is -0.555. The Morgan fingerprint density at radius 3 is 2.69 bits per heavy atom. The number of phenols is 1. The van der Waals surface area contributed by atoms with Crippen molar-refractivity contribution in [3.05, 3.63) is 28.3 Å². The molecule has 13 heavy (non-hydrogen) atoms. The maximum Gasteiger partial charge on any atom is 0.339 e. The molecule has 3 nitrogen and oxygen atoms in total. The fourth-order valence-corrected chi connectivity index (χ4v) is 1.22. The molecule has 0 atom stereocenters. The highest BCUT2D eigenvalue weighted by molar-refractivity contribution is 6.35. The largest absolute Gasteiger partial charge is 0.506 e. The normalized spacial score (nSPS) is 9.77. The highest BCUT2D eigenvalue weighted by Gasteiger charge is 2.14. The first-order valence-electron chi connectivity index (χ1n) is 3.64. The molecule has 0 aliphatic rings. The molecule has 70 valence electrons. The van der Waals surface area contributed by atoms with Gasteiger partial charge in [0.05, 0.1) is 17.7 Å². The Bertz CT molecular complexity index is 347. The zero-order valence-corrected chi connectivity index (χ0v) is 8.05. The molecule has 0 aliphatic heterocycles. The van der Waals surface area contributed by atoms with Crippen LogP contribution in [-0.2, 0) is 4.74 Å². The molecule has 1 rings (SSSR count). The number of esters is 1. The summed E-state index contributed by atoms with van der Waals surface area (Å²) in [5.74, 6) is -0.634. The van der Waals surface area contributed by atoms with Gasteiger partial charge in [0.25, 0.3) is 0 Å². The van der Waals surface area contributed by atoms with E-state index in [-0.39, 0.29) is 16.3 Å². The molecule has 0 aromatic heterocycles. The predicted molar refractivity (Wildman–Crippen MR) is 49.2 cm³/mol. The second-order valence-electron chi connectivity index (χ2n) is 2.58. The summed E-state index contributed by atoms with van der Waals surface area (Å²) in [6.07, 6.45) is 0. The average molecular weight is 201 g/mol. The van der Waals surface area contributed by atoms with Crippen molar-refractivity contribution in [2.75, 3.05) is 7.11 Å². The summed E-state index contributed by atoms with van der Waals surface area (Å²) >= 11 is 5.72. The van der Waals surface area contributed by atoms with E-state index in [0.717, 1.165) is 0 Å². The van der Waals surface area contributed by atoms with Crippen LogP contribution in [0, 0.1) is 6.92 Å². The van der Waals surface area contributed by atoms with Crippen LogP contribution >= 0.6 is 11.6 Å². The van der Waals surface area contributed by atoms with Crippen LogP contribution in [0.1, 0.15) is 15.9 Å². The van der Waals surface area contributed by atoms with Gasteiger partial charge in [0.2, 0.25) is 0 Å². The average Bonchev–Trinajstić information content (AvgIpc) is 2.13. The molecule has 1 aromatic carbocycles. The first-order valence-corrected chi connectivity index (χ1v) is 4.02. The predicted octanol–water partition coefficient (Wildman–Crippen LogP) is 2.14. The van der Waals surface area contributed by atoms with Crippen molar-refractivity contribution in [1.82, 2.24) is 0 Å². The van der Waals surface area contributed by atoms with Gasteiger partial charge in [-0.3, -0.25) is 0 Å². The fraction of sp³-hybridized carbons (Fsp3) is 0.222. The third-order valence-electron chi connectivity index (χ3n) is 1.72. The summed E-state index contributed by atoms with van der Waals surface area (Å²) in [5, 5.41) is 9.43. The number of methoxy groups -OCH3 is 1. The van der Waals surface area contributed by atoms with Crippen LogP contribution in [0.2, 0.25) is 5.02 Å². The summed E-state index contributed by atoms with van der Waals surface area (Å²) in [6.45, 7) is 1.70. The summed E-state index contributed by atoms with van der Waals surface area (Å²) in [4.78, 5) is 11.1. The first kappa shape index (κ1) is 9.86. The van der Waals surface area contributed by atoms with Gasteiger partial charge in [0.15, 0.2) is 0 Å².